The van der Waals surface area contributed by atoms with Gasteiger partial charge in [-0.3, -0.25) is 0 Å². The van der Waals surface area contributed by atoms with Gasteiger partial charge in [0.25, 0.3) is 0 Å². The zero-order chi connectivity index (χ0) is 31.9. The first-order chi connectivity index (χ1) is 22.4. The van der Waals surface area contributed by atoms with E-state index in [1.807, 2.05) is 28.4 Å². The van der Waals surface area contributed by atoms with Crippen LogP contribution in [0.4, 0.5) is 0 Å². The van der Waals surface area contributed by atoms with Crippen LogP contribution in [0.2, 0.25) is 0 Å². The fraction of sp³-hybridized carbons (Fsp3) is 1.00. The number of nitrogens with zero attached hydrogens (tertiary/aromatic N) is 2. The molecule has 4 aliphatic heterocycles. The highest BCUT2D eigenvalue weighted by Crippen LogP contribution is 2.50. The third-order valence-electron chi connectivity index (χ3n) is 14.6. The molecule has 46 heavy (non-hydrogen) atoms. The van der Waals surface area contributed by atoms with Gasteiger partial charge in [-0.25, -0.2) is 0 Å². The lowest BCUT2D eigenvalue weighted by Gasteiger charge is -2.56. The Bertz CT molecular complexity index is 979. The van der Waals surface area contributed by atoms with Crippen LogP contribution in [0.15, 0.2) is 0 Å². The average Bonchev–Trinajstić information content (AvgIpc) is 3.07. The molecular weight excluding hydrogens is 580 g/mol. The molecule has 0 spiro atoms. The third kappa shape index (κ3) is 6.74. The van der Waals surface area contributed by atoms with Crippen LogP contribution in [-0.2, 0) is 28.4 Å². The second kappa shape index (κ2) is 14.9. The van der Waals surface area contributed by atoms with E-state index >= 15 is 0 Å². The van der Waals surface area contributed by atoms with Crippen LogP contribution in [0.25, 0.3) is 0 Å². The van der Waals surface area contributed by atoms with Gasteiger partial charge in [0.2, 0.25) is 0 Å². The Morgan fingerprint density at radius 3 is 1.87 bits per heavy atom. The highest BCUT2D eigenvalue weighted by molar-refractivity contribution is 5.05. The second-order valence-electron chi connectivity index (χ2n) is 16.8. The fourth-order valence-electron chi connectivity index (χ4n) is 12.1. The molecule has 4 aliphatic carbocycles. The number of rotatable bonds is 4. The number of hydrogen-bond donors (Lipinski definition) is 0. The summed E-state index contributed by atoms with van der Waals surface area (Å²) >= 11 is 0. The molecule has 8 nitrogen and oxygen atoms in total. The van der Waals surface area contributed by atoms with E-state index in [0.29, 0.717) is 41.9 Å². The first-order valence-electron chi connectivity index (χ1n) is 19.2. The second-order valence-corrected chi connectivity index (χ2v) is 16.8. The van der Waals surface area contributed by atoms with Gasteiger partial charge in [0.15, 0.2) is 0 Å². The Hall–Kier alpha value is -0.320. The molecule has 8 rings (SSSR count). The molecule has 0 aromatic rings. The molecule has 6 bridgehead atoms. The minimum absolute atomic E-state index is 0.00215. The summed E-state index contributed by atoms with van der Waals surface area (Å²) in [6, 6.07) is 1.09. The van der Waals surface area contributed by atoms with Crippen molar-refractivity contribution in [2.24, 2.45) is 35.5 Å². The van der Waals surface area contributed by atoms with Gasteiger partial charge >= 0.3 is 0 Å². The summed E-state index contributed by atoms with van der Waals surface area (Å²) in [6.07, 6.45) is 17.8. The standard InChI is InChI=1S/C38H66N2O6/c1-39-15-13-25-20-32(42-4)34-22-28(25)29(39)17-23-7-10-27(11-8-23)45-33-19-24(9-12-31(33)41-3)18-30-36-26(14-16-40(30)2)21-35(43-5)37(44-6)38(36)46-34/h23-38H,7-22H2,1-6H3/t23?,24?,25?,26?,27?,28?,29-,30-,31?,32?,33?,34?,35?,36?,37?,38?/m0/s1. The normalized spacial score (nSPS) is 50.7. The zero-order valence-corrected chi connectivity index (χ0v) is 29.9. The number of fused-ring (bicyclic) bond motifs is 2. The molecule has 0 N–H and O–H groups in total. The predicted octanol–water partition coefficient (Wildman–Crippen LogP) is 5.41. The minimum atomic E-state index is -0.0676. The Morgan fingerprint density at radius 2 is 1.15 bits per heavy atom. The molecule has 8 heteroatoms. The summed E-state index contributed by atoms with van der Waals surface area (Å²) in [4.78, 5) is 5.38. The van der Waals surface area contributed by atoms with Gasteiger partial charge in [-0.2, -0.15) is 0 Å². The van der Waals surface area contributed by atoms with Gasteiger partial charge < -0.3 is 38.2 Å². The maximum absolute atomic E-state index is 7.57. The largest absolute Gasteiger partial charge is 0.379 e. The first-order valence-corrected chi connectivity index (χ1v) is 19.2. The van der Waals surface area contributed by atoms with E-state index in [-0.39, 0.29) is 42.7 Å². The van der Waals surface area contributed by atoms with E-state index < -0.39 is 0 Å². The Balaban J connectivity index is 1.24. The van der Waals surface area contributed by atoms with Crippen molar-refractivity contribution in [3.8, 4) is 0 Å². The molecule has 4 saturated heterocycles. The molecule has 8 fully saturated rings. The third-order valence-corrected chi connectivity index (χ3v) is 14.6. The quantitative estimate of drug-likeness (QED) is 0.402. The Morgan fingerprint density at radius 1 is 0.522 bits per heavy atom. The smallest absolute Gasteiger partial charge is 0.110 e. The van der Waals surface area contributed by atoms with Gasteiger partial charge in [-0.05, 0) is 147 Å². The molecule has 4 saturated carbocycles. The van der Waals surface area contributed by atoms with Crippen molar-refractivity contribution in [3.63, 3.8) is 0 Å². The van der Waals surface area contributed by atoms with E-state index in [1.165, 1.54) is 64.3 Å². The Kier molecular flexibility index (Phi) is 11.0. The van der Waals surface area contributed by atoms with Crippen LogP contribution in [0.5, 0.6) is 0 Å². The number of methoxy groups -OCH3 is 4. The van der Waals surface area contributed by atoms with E-state index in [2.05, 4.69) is 23.9 Å². The summed E-state index contributed by atoms with van der Waals surface area (Å²) in [5.74, 6) is 3.81. The summed E-state index contributed by atoms with van der Waals surface area (Å²) < 4.78 is 39.6. The average molecular weight is 647 g/mol. The van der Waals surface area contributed by atoms with E-state index in [9.17, 15) is 0 Å². The first kappa shape index (κ1) is 34.1. The molecule has 14 atom stereocenters. The lowest BCUT2D eigenvalue weighted by Crippen LogP contribution is -2.64. The van der Waals surface area contributed by atoms with Gasteiger partial charge in [-0.1, -0.05) is 0 Å². The van der Waals surface area contributed by atoms with E-state index in [1.54, 1.807) is 0 Å². The van der Waals surface area contributed by atoms with Crippen LogP contribution in [-0.4, -0.2) is 126 Å². The van der Waals surface area contributed by atoms with Gasteiger partial charge in [0, 0.05) is 46.4 Å². The van der Waals surface area contributed by atoms with Crippen LogP contribution >= 0.6 is 0 Å². The minimum Gasteiger partial charge on any atom is -0.379 e. The van der Waals surface area contributed by atoms with Crippen LogP contribution in [0.3, 0.4) is 0 Å². The molecule has 264 valence electrons. The van der Waals surface area contributed by atoms with Crippen LogP contribution in [0, 0.1) is 35.5 Å². The Labute approximate surface area is 279 Å². The lowest BCUT2D eigenvalue weighted by molar-refractivity contribution is -0.235. The van der Waals surface area contributed by atoms with Gasteiger partial charge in [0.05, 0.1) is 42.7 Å². The highest BCUT2D eigenvalue weighted by Gasteiger charge is 2.55. The maximum atomic E-state index is 7.57. The predicted molar refractivity (Wildman–Crippen MR) is 179 cm³/mol. The van der Waals surface area contributed by atoms with Crippen molar-refractivity contribution in [3.05, 3.63) is 0 Å². The van der Waals surface area contributed by atoms with Crippen molar-refractivity contribution in [1.82, 2.24) is 9.80 Å². The zero-order valence-electron chi connectivity index (χ0n) is 29.9. The maximum Gasteiger partial charge on any atom is 0.110 e. The molecule has 4 heterocycles. The molecule has 12 unspecified atom stereocenters. The number of piperidine rings is 2. The molecule has 8 aliphatic rings. The highest BCUT2D eigenvalue weighted by atomic mass is 16.6. The SMILES string of the molecule is COC1CCC2CC1OC1CCC(CC1)C[C@H]1C3CC(OC4C(OC)C(OC)CC5CCN(C)[C@@H](C2)C54)C(OC)CC3CCN1C. The summed E-state index contributed by atoms with van der Waals surface area (Å²) in [5.41, 5.74) is 0. The van der Waals surface area contributed by atoms with E-state index in [4.69, 9.17) is 28.4 Å². The number of likely N-dealkylation sites (tertiary alicyclic amines) is 2. The van der Waals surface area contributed by atoms with Gasteiger partial charge in [-0.15, -0.1) is 0 Å². The molecule has 0 radical (unpaired) electrons. The summed E-state index contributed by atoms with van der Waals surface area (Å²) in [5, 5.41) is 0. The van der Waals surface area contributed by atoms with Crippen LogP contribution in [0.1, 0.15) is 89.9 Å². The number of ether oxygens (including phenoxy) is 6. The van der Waals surface area contributed by atoms with Gasteiger partial charge in [0.1, 0.15) is 6.10 Å². The molecule has 0 aromatic heterocycles. The molecule has 0 amide bonds. The summed E-state index contributed by atoms with van der Waals surface area (Å²) in [6.45, 7) is 2.35. The van der Waals surface area contributed by atoms with Crippen molar-refractivity contribution < 1.29 is 28.4 Å². The molecular formula is C38H66N2O6. The molecule has 0 aromatic carbocycles. The van der Waals surface area contributed by atoms with E-state index in [0.717, 1.165) is 50.5 Å². The van der Waals surface area contributed by atoms with Crippen molar-refractivity contribution in [2.75, 3.05) is 55.6 Å². The lowest BCUT2D eigenvalue weighted by atomic mass is 9.64. The number of hydrogen-bond acceptors (Lipinski definition) is 8. The topological polar surface area (TPSA) is 61.9 Å². The van der Waals surface area contributed by atoms with Crippen LogP contribution < -0.4 is 0 Å². The fourth-order valence-corrected chi connectivity index (χ4v) is 12.1. The summed E-state index contributed by atoms with van der Waals surface area (Å²) in [7, 11) is 12.3. The van der Waals surface area contributed by atoms with Crippen molar-refractivity contribution in [2.45, 2.75) is 151 Å². The van der Waals surface area contributed by atoms with Crippen molar-refractivity contribution >= 4 is 0 Å². The monoisotopic (exact) mass is 646 g/mol. The van der Waals surface area contributed by atoms with Crippen molar-refractivity contribution in [1.29, 1.82) is 0 Å².